The molecule has 0 saturated carbocycles. The predicted octanol–water partition coefficient (Wildman–Crippen LogP) is 1.87. The number of anilines is 1. The largest absolute Gasteiger partial charge is 1.00 e. The van der Waals surface area contributed by atoms with E-state index in [1.807, 2.05) is 0 Å². The number of aliphatic hydroxyl groups excluding tert-OH is 1. The number of nitrogens with two attached hydrogens (primary N) is 1. The summed E-state index contributed by atoms with van der Waals surface area (Å²) in [6, 6.07) is 1.43. The van der Waals surface area contributed by atoms with E-state index < -0.39 is 32.3 Å². The molecule has 0 saturated heterocycles. The minimum atomic E-state index is -4.24. The van der Waals surface area contributed by atoms with Crippen LogP contribution in [0.5, 0.6) is 0 Å². The van der Waals surface area contributed by atoms with E-state index in [9.17, 15) is 19.4 Å². The molecule has 1 aromatic heterocycles. The molecule has 0 aliphatic heterocycles. The van der Waals surface area contributed by atoms with E-state index in [2.05, 4.69) is 18.8 Å². The monoisotopic (exact) mass is 597 g/mol. The number of nitrogen functional groups attached to an aromatic ring is 1. The molecule has 0 aromatic carbocycles. The summed E-state index contributed by atoms with van der Waals surface area (Å²) in [7, 11) is -4.24. The zero-order chi connectivity index (χ0) is 28.8. The number of hydrogen-bond acceptors (Lipinski definition) is 9. The molecule has 0 radical (unpaired) electrons. The molecule has 0 spiro atoms. The van der Waals surface area contributed by atoms with Crippen molar-refractivity contribution in [3.05, 3.63) is 22.7 Å². The second kappa shape index (κ2) is 25.2. The first-order valence-corrected chi connectivity index (χ1v) is 16.5. The van der Waals surface area contributed by atoms with Crippen LogP contribution in [-0.4, -0.2) is 53.5 Å². The summed E-state index contributed by atoms with van der Waals surface area (Å²) < 4.78 is 29.0. The quantitative estimate of drug-likeness (QED) is 0.0927. The Kier molecular flexibility index (Phi) is 25.0. The Bertz CT molecular complexity index is 844. The molecule has 2 atom stereocenters. The maximum atomic E-state index is 12.1. The Morgan fingerprint density at radius 1 is 0.950 bits per heavy atom. The second-order valence-electron chi connectivity index (χ2n) is 10.7. The van der Waals surface area contributed by atoms with Crippen LogP contribution in [-0.2, 0) is 25.1 Å². The zero-order valence-electron chi connectivity index (χ0n) is 25.3. The van der Waals surface area contributed by atoms with Gasteiger partial charge in [-0.25, -0.2) is 4.79 Å². The van der Waals surface area contributed by atoms with Crippen LogP contribution in [0.15, 0.2) is 17.1 Å². The van der Waals surface area contributed by atoms with Gasteiger partial charge in [-0.1, -0.05) is 90.9 Å². The SMILES string of the molecule is CC(C)CCCCCCCCCCCCCCOCCCOP(=O)([O-])CO[C@H](CO)Cn1ccc(N)nc1=O.[Na+]. The number of aromatic nitrogens is 2. The van der Waals surface area contributed by atoms with Crippen LogP contribution in [0.4, 0.5) is 5.82 Å². The summed E-state index contributed by atoms with van der Waals surface area (Å²) in [5, 5.41) is 9.45. The van der Waals surface area contributed by atoms with E-state index in [0.717, 1.165) is 18.8 Å². The first-order valence-electron chi connectivity index (χ1n) is 14.8. The standard InChI is InChI=1S/C28H54N3O7P.Na/c1-25(2)16-13-11-9-7-5-3-4-6-8-10-12-14-19-36-20-15-21-38-39(34,35)24-37-26(23-32)22-31-18-17-27(29)30-28(31)33;/h17-18,25-26,32H,3-16,19-24H2,1-2H3,(H,34,35)(H2,29,30,33);/q;+1/p-1/t26-;/m0./s1. The Hall–Kier alpha value is -0.290. The minimum Gasteiger partial charge on any atom is -0.777 e. The minimum absolute atomic E-state index is 0. The zero-order valence-corrected chi connectivity index (χ0v) is 28.2. The molecule has 0 aliphatic carbocycles. The van der Waals surface area contributed by atoms with Crippen LogP contribution in [0, 0.1) is 5.92 Å². The third kappa shape index (κ3) is 22.3. The molecule has 1 rings (SSSR count). The van der Waals surface area contributed by atoms with Gasteiger partial charge >= 0.3 is 35.2 Å². The molecule has 1 unspecified atom stereocenters. The summed E-state index contributed by atoms with van der Waals surface area (Å²) in [4.78, 5) is 27.4. The van der Waals surface area contributed by atoms with Crippen molar-refractivity contribution >= 4 is 13.4 Å². The average molecular weight is 598 g/mol. The molecule has 3 N–H and O–H groups in total. The van der Waals surface area contributed by atoms with E-state index in [1.165, 1.54) is 87.5 Å². The van der Waals surface area contributed by atoms with Crippen molar-refractivity contribution in [3.8, 4) is 0 Å². The van der Waals surface area contributed by atoms with Crippen molar-refractivity contribution in [3.63, 3.8) is 0 Å². The maximum Gasteiger partial charge on any atom is 1.00 e. The van der Waals surface area contributed by atoms with E-state index in [1.54, 1.807) is 0 Å². The van der Waals surface area contributed by atoms with Gasteiger partial charge in [-0.05, 0) is 24.8 Å². The van der Waals surface area contributed by atoms with Crippen molar-refractivity contribution in [2.24, 2.45) is 5.92 Å². The Morgan fingerprint density at radius 2 is 1.50 bits per heavy atom. The Labute approximate surface area is 263 Å². The van der Waals surface area contributed by atoms with Crippen molar-refractivity contribution in [1.29, 1.82) is 0 Å². The van der Waals surface area contributed by atoms with Gasteiger partial charge in [0.2, 0.25) is 0 Å². The fourth-order valence-electron chi connectivity index (χ4n) is 4.19. The molecule has 40 heavy (non-hydrogen) atoms. The van der Waals surface area contributed by atoms with E-state index in [4.69, 9.17) is 19.7 Å². The van der Waals surface area contributed by atoms with Gasteiger partial charge in [-0.2, -0.15) is 4.98 Å². The van der Waals surface area contributed by atoms with Gasteiger partial charge in [0.15, 0.2) is 7.60 Å². The van der Waals surface area contributed by atoms with Gasteiger partial charge in [0.1, 0.15) is 12.2 Å². The summed E-state index contributed by atoms with van der Waals surface area (Å²) in [5.74, 6) is 0.915. The molecular formula is C28H53N3NaO7P. The van der Waals surface area contributed by atoms with E-state index >= 15 is 0 Å². The molecule has 10 nitrogen and oxygen atoms in total. The fraction of sp³-hybridized carbons (Fsp3) is 0.857. The van der Waals surface area contributed by atoms with Crippen LogP contribution in [0.25, 0.3) is 0 Å². The molecule has 0 amide bonds. The summed E-state index contributed by atoms with van der Waals surface area (Å²) in [5.41, 5.74) is 4.83. The van der Waals surface area contributed by atoms with Gasteiger partial charge in [0, 0.05) is 19.4 Å². The molecule has 1 heterocycles. The topological polar surface area (TPSA) is 149 Å². The summed E-state index contributed by atoms with van der Waals surface area (Å²) in [6.45, 7) is 5.19. The molecule has 12 heteroatoms. The van der Waals surface area contributed by atoms with Crippen LogP contribution in [0.2, 0.25) is 0 Å². The molecule has 0 fully saturated rings. The number of hydrogen-bond donors (Lipinski definition) is 2. The Morgan fingerprint density at radius 3 is 2.05 bits per heavy atom. The predicted molar refractivity (Wildman–Crippen MR) is 154 cm³/mol. The first-order chi connectivity index (χ1) is 18.7. The maximum absolute atomic E-state index is 12.1. The normalized spacial score (nSPS) is 13.7. The van der Waals surface area contributed by atoms with E-state index in [0.29, 0.717) is 19.6 Å². The van der Waals surface area contributed by atoms with Crippen LogP contribution < -0.4 is 45.9 Å². The van der Waals surface area contributed by atoms with Gasteiger partial charge in [0.25, 0.3) is 0 Å². The molecule has 228 valence electrons. The first kappa shape index (κ1) is 39.7. The van der Waals surface area contributed by atoms with Crippen molar-refractivity contribution in [2.45, 2.75) is 116 Å². The van der Waals surface area contributed by atoms with Crippen molar-refractivity contribution in [1.82, 2.24) is 9.55 Å². The van der Waals surface area contributed by atoms with Gasteiger partial charge in [0.05, 0.1) is 25.9 Å². The molecule has 1 aromatic rings. The smallest absolute Gasteiger partial charge is 0.777 e. The molecule has 0 aliphatic rings. The molecule has 0 bridgehead atoms. The summed E-state index contributed by atoms with van der Waals surface area (Å²) >= 11 is 0. The Balaban J connectivity index is 0.0000152. The van der Waals surface area contributed by atoms with Crippen molar-refractivity contribution in [2.75, 3.05) is 38.5 Å². The van der Waals surface area contributed by atoms with E-state index in [-0.39, 0.29) is 48.5 Å². The summed E-state index contributed by atoms with van der Waals surface area (Å²) in [6.07, 6.45) is 17.3. The molecular weight excluding hydrogens is 544 g/mol. The number of ether oxygens (including phenoxy) is 2. The number of nitrogens with zero attached hydrogens (tertiary/aromatic N) is 2. The van der Waals surface area contributed by atoms with Gasteiger partial charge in [-0.3, -0.25) is 4.57 Å². The van der Waals surface area contributed by atoms with Gasteiger partial charge in [-0.15, -0.1) is 0 Å². The average Bonchev–Trinajstić information content (AvgIpc) is 2.88. The second-order valence-corrected chi connectivity index (χ2v) is 12.5. The third-order valence-electron chi connectivity index (χ3n) is 6.51. The van der Waals surface area contributed by atoms with Crippen LogP contribution >= 0.6 is 7.60 Å². The van der Waals surface area contributed by atoms with Gasteiger partial charge < -0.3 is 34.3 Å². The van der Waals surface area contributed by atoms with Crippen LogP contribution in [0.3, 0.4) is 0 Å². The van der Waals surface area contributed by atoms with Crippen molar-refractivity contribution < 1.29 is 58.1 Å². The number of aliphatic hydroxyl groups is 1. The fourth-order valence-corrected chi connectivity index (χ4v) is 5.06. The van der Waals surface area contributed by atoms with Crippen LogP contribution in [0.1, 0.15) is 104 Å². The number of unbranched alkanes of at least 4 members (excludes halogenated alkanes) is 11. The third-order valence-corrected chi connectivity index (χ3v) is 7.55. The number of rotatable bonds is 26.